The maximum atomic E-state index is 12.8. The average molecular weight is 402 g/mol. The summed E-state index contributed by atoms with van der Waals surface area (Å²) >= 11 is 0. The van der Waals surface area contributed by atoms with Crippen molar-refractivity contribution in [3.63, 3.8) is 0 Å². The topological polar surface area (TPSA) is 76.2 Å². The van der Waals surface area contributed by atoms with Crippen molar-refractivity contribution in [2.24, 2.45) is 0 Å². The van der Waals surface area contributed by atoms with E-state index in [0.29, 0.717) is 24.6 Å². The largest absolute Gasteiger partial charge is 0.485 e. The molecule has 1 amide bonds. The fourth-order valence-electron chi connectivity index (χ4n) is 3.35. The van der Waals surface area contributed by atoms with E-state index in [9.17, 15) is 13.2 Å². The van der Waals surface area contributed by atoms with E-state index in [-0.39, 0.29) is 30.5 Å². The van der Waals surface area contributed by atoms with Gasteiger partial charge in [-0.3, -0.25) is 4.79 Å². The molecule has 7 nitrogen and oxygen atoms in total. The molecule has 1 saturated heterocycles. The number of amides is 1. The van der Waals surface area contributed by atoms with E-state index in [0.717, 1.165) is 5.56 Å². The second kappa shape index (κ2) is 7.44. The number of carbonyl (C=O) groups excluding carboxylic acids is 1. The molecule has 0 N–H and O–H groups in total. The van der Waals surface area contributed by atoms with Gasteiger partial charge in [0.25, 0.3) is 5.91 Å². The molecule has 2 aromatic rings. The van der Waals surface area contributed by atoms with Gasteiger partial charge in [0.1, 0.15) is 6.61 Å². The van der Waals surface area contributed by atoms with E-state index in [1.54, 1.807) is 41.3 Å². The van der Waals surface area contributed by atoms with Crippen LogP contribution in [0.25, 0.3) is 0 Å². The third-order valence-corrected chi connectivity index (χ3v) is 6.91. The van der Waals surface area contributed by atoms with Gasteiger partial charge in [-0.25, -0.2) is 8.42 Å². The van der Waals surface area contributed by atoms with Crippen molar-refractivity contribution < 1.29 is 22.7 Å². The van der Waals surface area contributed by atoms with Crippen LogP contribution in [0.1, 0.15) is 5.56 Å². The van der Waals surface area contributed by atoms with Crippen molar-refractivity contribution in [2.75, 3.05) is 32.8 Å². The molecule has 0 aliphatic carbocycles. The molecule has 2 heterocycles. The molecule has 2 aliphatic heterocycles. The highest BCUT2D eigenvalue weighted by Crippen LogP contribution is 2.31. The number of rotatable bonds is 3. The fraction of sp³-hybridized carbons (Fsp3) is 0.350. The number of carbonyl (C=O) groups is 1. The number of hydrogen-bond acceptors (Lipinski definition) is 5. The molecule has 8 heteroatoms. The molecule has 0 aromatic heterocycles. The molecule has 1 atom stereocenters. The number of sulfonamides is 1. The van der Waals surface area contributed by atoms with Gasteiger partial charge in [0.05, 0.1) is 4.90 Å². The normalized spacial score (nSPS) is 20.0. The van der Waals surface area contributed by atoms with E-state index in [2.05, 4.69) is 0 Å². The Morgan fingerprint density at radius 1 is 0.964 bits per heavy atom. The number of fused-ring (bicyclic) bond motifs is 1. The lowest BCUT2D eigenvalue weighted by Gasteiger charge is -2.36. The van der Waals surface area contributed by atoms with Crippen LogP contribution in [0.5, 0.6) is 11.5 Å². The van der Waals surface area contributed by atoms with E-state index >= 15 is 0 Å². The van der Waals surface area contributed by atoms with Crippen molar-refractivity contribution in [1.29, 1.82) is 0 Å². The molecule has 4 rings (SSSR count). The summed E-state index contributed by atoms with van der Waals surface area (Å²) in [5, 5.41) is 0. The standard InChI is InChI=1S/C20H22N2O5S/c1-15-6-8-16(9-7-15)28(24,25)22-12-10-21(11-13-22)20(23)19-14-26-17-4-2-3-5-18(17)27-19/h2-9,19H,10-14H2,1H3/t19-/m1/s1. The Kier molecular flexibility index (Phi) is 4.99. The molecule has 0 unspecified atom stereocenters. The number of hydrogen-bond donors (Lipinski definition) is 0. The summed E-state index contributed by atoms with van der Waals surface area (Å²) in [4.78, 5) is 14.7. The minimum Gasteiger partial charge on any atom is -0.485 e. The number of benzene rings is 2. The van der Waals surface area contributed by atoms with E-state index in [1.807, 2.05) is 19.1 Å². The minimum absolute atomic E-state index is 0.151. The average Bonchev–Trinajstić information content (AvgIpc) is 2.73. The maximum absolute atomic E-state index is 12.8. The van der Waals surface area contributed by atoms with Crippen molar-refractivity contribution in [1.82, 2.24) is 9.21 Å². The smallest absolute Gasteiger partial charge is 0.267 e. The SMILES string of the molecule is Cc1ccc(S(=O)(=O)N2CCN(C(=O)[C@H]3COc4ccccc4O3)CC2)cc1. The van der Waals surface area contributed by atoms with Gasteiger partial charge < -0.3 is 14.4 Å². The van der Waals surface area contributed by atoms with Gasteiger partial charge in [0.2, 0.25) is 16.1 Å². The predicted molar refractivity (Wildman–Crippen MR) is 103 cm³/mol. The van der Waals surface area contributed by atoms with Crippen molar-refractivity contribution in [3.05, 3.63) is 54.1 Å². The highest BCUT2D eigenvalue weighted by Gasteiger charge is 2.35. The first kappa shape index (κ1) is 18.8. The first-order valence-corrected chi connectivity index (χ1v) is 10.6. The van der Waals surface area contributed by atoms with Crippen LogP contribution in [0.2, 0.25) is 0 Å². The van der Waals surface area contributed by atoms with Crippen LogP contribution >= 0.6 is 0 Å². The molecule has 0 bridgehead atoms. The molecule has 148 valence electrons. The quantitative estimate of drug-likeness (QED) is 0.781. The van der Waals surface area contributed by atoms with E-state index in [1.165, 1.54) is 4.31 Å². The molecule has 1 fully saturated rings. The number of nitrogens with zero attached hydrogens (tertiary/aromatic N) is 2. The van der Waals surface area contributed by atoms with E-state index < -0.39 is 16.1 Å². The summed E-state index contributed by atoms with van der Waals surface area (Å²) in [6.07, 6.45) is -0.713. The zero-order valence-corrected chi connectivity index (χ0v) is 16.4. The number of aryl methyl sites for hydroxylation is 1. The van der Waals surface area contributed by atoms with Gasteiger partial charge in [-0.2, -0.15) is 4.31 Å². The summed E-state index contributed by atoms with van der Waals surface area (Å²) in [6.45, 7) is 3.23. The van der Waals surface area contributed by atoms with Gasteiger partial charge in [0.15, 0.2) is 11.5 Å². The molecule has 2 aliphatic rings. The molecule has 2 aromatic carbocycles. The molecule has 0 saturated carbocycles. The molecule has 0 spiro atoms. The monoisotopic (exact) mass is 402 g/mol. The Hall–Kier alpha value is -2.58. The van der Waals surface area contributed by atoms with Gasteiger partial charge in [-0.05, 0) is 31.2 Å². The lowest BCUT2D eigenvalue weighted by atomic mass is 10.2. The first-order chi connectivity index (χ1) is 13.4. The Labute approximate surface area is 164 Å². The van der Waals surface area contributed by atoms with Crippen LogP contribution in [0.4, 0.5) is 0 Å². The van der Waals surface area contributed by atoms with Crippen molar-refractivity contribution in [3.8, 4) is 11.5 Å². The lowest BCUT2D eigenvalue weighted by Crippen LogP contribution is -2.55. The molecular weight excluding hydrogens is 380 g/mol. The predicted octanol–water partition coefficient (Wildman–Crippen LogP) is 1.67. The summed E-state index contributed by atoms with van der Waals surface area (Å²) in [5.41, 5.74) is 1.01. The zero-order chi connectivity index (χ0) is 19.7. The lowest BCUT2D eigenvalue weighted by molar-refractivity contribution is -0.142. The molecule has 0 radical (unpaired) electrons. The second-order valence-corrected chi connectivity index (χ2v) is 8.84. The fourth-order valence-corrected chi connectivity index (χ4v) is 4.78. The minimum atomic E-state index is -3.55. The highest BCUT2D eigenvalue weighted by molar-refractivity contribution is 7.89. The Balaban J connectivity index is 1.39. The maximum Gasteiger partial charge on any atom is 0.267 e. The van der Waals surface area contributed by atoms with Crippen LogP contribution in [0, 0.1) is 6.92 Å². The van der Waals surface area contributed by atoms with Crippen molar-refractivity contribution in [2.45, 2.75) is 17.9 Å². The first-order valence-electron chi connectivity index (χ1n) is 9.19. The summed E-state index contributed by atoms with van der Waals surface area (Å²) in [5.74, 6) is 0.995. The molecular formula is C20H22N2O5S. The second-order valence-electron chi connectivity index (χ2n) is 6.91. The van der Waals surface area contributed by atoms with Gasteiger partial charge >= 0.3 is 0 Å². The van der Waals surface area contributed by atoms with Gasteiger partial charge in [0, 0.05) is 26.2 Å². The van der Waals surface area contributed by atoms with Crippen molar-refractivity contribution >= 4 is 15.9 Å². The van der Waals surface area contributed by atoms with Crippen LogP contribution in [-0.4, -0.2) is 62.4 Å². The van der Waals surface area contributed by atoms with Crippen LogP contribution in [-0.2, 0) is 14.8 Å². The summed E-state index contributed by atoms with van der Waals surface area (Å²) in [6, 6.07) is 14.0. The highest BCUT2D eigenvalue weighted by atomic mass is 32.2. The third-order valence-electron chi connectivity index (χ3n) is 4.99. The van der Waals surface area contributed by atoms with Gasteiger partial charge in [-0.1, -0.05) is 29.8 Å². The Morgan fingerprint density at radius 3 is 2.29 bits per heavy atom. The summed E-state index contributed by atoms with van der Waals surface area (Å²) < 4.78 is 38.4. The number of ether oxygens (including phenoxy) is 2. The Bertz CT molecular complexity index is 966. The van der Waals surface area contributed by atoms with Gasteiger partial charge in [-0.15, -0.1) is 0 Å². The third kappa shape index (κ3) is 3.57. The number of piperazine rings is 1. The van der Waals surface area contributed by atoms with Crippen LogP contribution < -0.4 is 9.47 Å². The zero-order valence-electron chi connectivity index (χ0n) is 15.6. The van der Waals surface area contributed by atoms with E-state index in [4.69, 9.17) is 9.47 Å². The molecule has 28 heavy (non-hydrogen) atoms. The van der Waals surface area contributed by atoms with Crippen LogP contribution in [0.3, 0.4) is 0 Å². The van der Waals surface area contributed by atoms with Crippen LogP contribution in [0.15, 0.2) is 53.4 Å². The summed E-state index contributed by atoms with van der Waals surface area (Å²) in [7, 11) is -3.55. The Morgan fingerprint density at radius 2 is 1.61 bits per heavy atom. The number of para-hydroxylation sites is 2.